The number of rotatable bonds is 7. The molecular formula is C18H38O4Si. The smallest absolute Gasteiger partial charge is 0.192 e. The van der Waals surface area contributed by atoms with Crippen molar-refractivity contribution in [3.05, 3.63) is 0 Å². The van der Waals surface area contributed by atoms with Gasteiger partial charge >= 0.3 is 0 Å². The zero-order valence-corrected chi connectivity index (χ0v) is 17.4. The van der Waals surface area contributed by atoms with Crippen molar-refractivity contribution in [1.82, 2.24) is 0 Å². The molecule has 0 unspecified atom stereocenters. The maximum atomic E-state index is 9.92. The van der Waals surface area contributed by atoms with Gasteiger partial charge in [-0.05, 0) is 50.2 Å². The zero-order chi connectivity index (χ0) is 17.8. The molecule has 0 amide bonds. The van der Waals surface area contributed by atoms with E-state index in [1.165, 1.54) is 0 Å². The molecule has 0 saturated carbocycles. The first-order chi connectivity index (χ1) is 10.4. The molecule has 1 rings (SSSR count). The fourth-order valence-electron chi connectivity index (χ4n) is 2.37. The molecule has 1 aliphatic rings. The van der Waals surface area contributed by atoms with Gasteiger partial charge in [0.1, 0.15) is 0 Å². The van der Waals surface area contributed by atoms with Gasteiger partial charge in [0.25, 0.3) is 0 Å². The largest absolute Gasteiger partial charge is 0.409 e. The summed E-state index contributed by atoms with van der Waals surface area (Å²) in [6.07, 6.45) is 2.19. The highest BCUT2D eigenvalue weighted by atomic mass is 28.4. The molecule has 1 heterocycles. The van der Waals surface area contributed by atoms with E-state index in [2.05, 4.69) is 40.8 Å². The van der Waals surface area contributed by atoms with E-state index in [0.717, 1.165) is 12.8 Å². The van der Waals surface area contributed by atoms with Crippen LogP contribution in [0.1, 0.15) is 60.8 Å². The van der Waals surface area contributed by atoms with Gasteiger partial charge in [-0.15, -0.1) is 0 Å². The second kappa shape index (κ2) is 8.43. The minimum atomic E-state index is -1.84. The van der Waals surface area contributed by atoms with Crippen molar-refractivity contribution >= 4 is 8.32 Å². The van der Waals surface area contributed by atoms with Gasteiger partial charge in [0.05, 0.1) is 24.9 Å². The van der Waals surface area contributed by atoms with Gasteiger partial charge in [-0.2, -0.15) is 0 Å². The van der Waals surface area contributed by atoms with Gasteiger partial charge in [-0.1, -0.05) is 34.6 Å². The van der Waals surface area contributed by atoms with Crippen molar-refractivity contribution in [2.45, 2.75) is 104 Å². The number of hydrogen-bond acceptors (Lipinski definition) is 4. The predicted molar refractivity (Wildman–Crippen MR) is 97.1 cm³/mol. The van der Waals surface area contributed by atoms with E-state index in [-0.39, 0.29) is 35.6 Å². The van der Waals surface area contributed by atoms with E-state index in [0.29, 0.717) is 13.0 Å². The van der Waals surface area contributed by atoms with Crippen molar-refractivity contribution in [2.24, 2.45) is 5.92 Å². The van der Waals surface area contributed by atoms with Crippen molar-refractivity contribution in [3.63, 3.8) is 0 Å². The molecule has 1 N–H and O–H groups in total. The summed E-state index contributed by atoms with van der Waals surface area (Å²) in [5, 5.41) is 10.1. The van der Waals surface area contributed by atoms with Crippen LogP contribution in [0.2, 0.25) is 18.1 Å². The Balaban J connectivity index is 2.61. The lowest BCUT2D eigenvalue weighted by Gasteiger charge is -2.43. The van der Waals surface area contributed by atoms with Crippen LogP contribution in [0, 0.1) is 5.92 Å². The summed E-state index contributed by atoms with van der Waals surface area (Å²) in [6.45, 7) is 17.9. The van der Waals surface area contributed by atoms with Gasteiger partial charge in [0.15, 0.2) is 14.6 Å². The van der Waals surface area contributed by atoms with Crippen molar-refractivity contribution in [3.8, 4) is 0 Å². The average molecular weight is 347 g/mol. The second-order valence-corrected chi connectivity index (χ2v) is 13.5. The van der Waals surface area contributed by atoms with Crippen LogP contribution in [0.15, 0.2) is 0 Å². The summed E-state index contributed by atoms with van der Waals surface area (Å²) in [7, 11) is -1.84. The monoisotopic (exact) mass is 346 g/mol. The van der Waals surface area contributed by atoms with Crippen molar-refractivity contribution in [2.75, 3.05) is 6.61 Å². The molecule has 0 radical (unpaired) electrons. The van der Waals surface area contributed by atoms with Crippen molar-refractivity contribution < 1.29 is 19.0 Å². The molecule has 1 fully saturated rings. The SMILES string of the molecule is CC(C)[C@H](O)CCO[C@H]1O[C@@H](C)CC[C@@H]1O[Si](C)(C)C(C)(C)C. The van der Waals surface area contributed by atoms with Gasteiger partial charge in [-0.3, -0.25) is 0 Å². The first-order valence-electron chi connectivity index (χ1n) is 9.07. The van der Waals surface area contributed by atoms with Crippen LogP contribution >= 0.6 is 0 Å². The van der Waals surface area contributed by atoms with E-state index >= 15 is 0 Å². The third-order valence-electron chi connectivity index (χ3n) is 5.25. The van der Waals surface area contributed by atoms with Crippen LogP contribution in [0.3, 0.4) is 0 Å². The minimum absolute atomic E-state index is 0.00304. The van der Waals surface area contributed by atoms with E-state index in [4.69, 9.17) is 13.9 Å². The molecule has 0 aromatic heterocycles. The molecule has 0 spiro atoms. The summed E-state index contributed by atoms with van der Waals surface area (Å²) >= 11 is 0. The summed E-state index contributed by atoms with van der Waals surface area (Å²) in [4.78, 5) is 0. The molecule has 5 heteroatoms. The van der Waals surface area contributed by atoms with Gasteiger partial charge in [0.2, 0.25) is 0 Å². The Bertz CT molecular complexity index is 351. The van der Waals surface area contributed by atoms with Crippen LogP contribution in [-0.2, 0) is 13.9 Å². The topological polar surface area (TPSA) is 47.9 Å². The fourth-order valence-corrected chi connectivity index (χ4v) is 3.71. The van der Waals surface area contributed by atoms with Crippen molar-refractivity contribution in [1.29, 1.82) is 0 Å². The number of hydrogen-bond donors (Lipinski definition) is 1. The molecule has 0 aromatic carbocycles. The molecule has 0 aliphatic carbocycles. The van der Waals surface area contributed by atoms with Crippen LogP contribution in [0.25, 0.3) is 0 Å². The van der Waals surface area contributed by atoms with Gasteiger partial charge < -0.3 is 19.0 Å². The van der Waals surface area contributed by atoms with Crippen LogP contribution in [0.4, 0.5) is 0 Å². The van der Waals surface area contributed by atoms with Crippen LogP contribution < -0.4 is 0 Å². The van der Waals surface area contributed by atoms with Gasteiger partial charge in [0, 0.05) is 0 Å². The maximum Gasteiger partial charge on any atom is 0.192 e. The lowest BCUT2D eigenvalue weighted by Crippen LogP contribution is -2.50. The molecular weight excluding hydrogens is 308 g/mol. The Morgan fingerprint density at radius 1 is 1.22 bits per heavy atom. The molecule has 1 aliphatic heterocycles. The van der Waals surface area contributed by atoms with E-state index in [1.54, 1.807) is 0 Å². The predicted octanol–water partition coefficient (Wildman–Crippen LogP) is 4.33. The Hall–Kier alpha value is 0.0569. The summed E-state index contributed by atoms with van der Waals surface area (Å²) in [5.74, 6) is 0.254. The highest BCUT2D eigenvalue weighted by Gasteiger charge is 2.42. The maximum absolute atomic E-state index is 9.92. The summed E-state index contributed by atoms with van der Waals surface area (Å²) < 4.78 is 18.5. The highest BCUT2D eigenvalue weighted by Crippen LogP contribution is 2.39. The van der Waals surface area contributed by atoms with Gasteiger partial charge in [-0.25, -0.2) is 0 Å². The fraction of sp³-hybridized carbons (Fsp3) is 1.00. The zero-order valence-electron chi connectivity index (χ0n) is 16.4. The molecule has 23 heavy (non-hydrogen) atoms. The first-order valence-corrected chi connectivity index (χ1v) is 12.0. The normalized spacial score (nSPS) is 28.2. The molecule has 0 bridgehead atoms. The number of aliphatic hydroxyl groups is 1. The Labute approximate surface area is 144 Å². The number of aliphatic hydroxyl groups excluding tert-OH is 1. The standard InChI is InChI=1S/C18H38O4Si/c1-13(2)15(19)11-12-20-17-16(10-9-14(3)21-17)22-23(7,8)18(4,5)6/h13-17,19H,9-12H2,1-8H3/t14-,15+,16-,17-/m0/s1. The first kappa shape index (κ1) is 21.1. The Morgan fingerprint density at radius 3 is 2.35 bits per heavy atom. The summed E-state index contributed by atoms with van der Waals surface area (Å²) in [6, 6.07) is 0. The Kier molecular flexibility index (Phi) is 7.74. The highest BCUT2D eigenvalue weighted by molar-refractivity contribution is 6.74. The van der Waals surface area contributed by atoms with E-state index in [9.17, 15) is 5.11 Å². The van der Waals surface area contributed by atoms with E-state index < -0.39 is 8.32 Å². The van der Waals surface area contributed by atoms with Crippen LogP contribution in [0.5, 0.6) is 0 Å². The Morgan fingerprint density at radius 2 is 1.83 bits per heavy atom. The number of ether oxygens (including phenoxy) is 2. The van der Waals surface area contributed by atoms with Crippen LogP contribution in [-0.4, -0.2) is 44.6 Å². The second-order valence-electron chi connectivity index (χ2n) is 8.78. The lowest BCUT2D eigenvalue weighted by atomic mass is 10.1. The molecule has 4 atom stereocenters. The average Bonchev–Trinajstić information content (AvgIpc) is 2.40. The molecule has 1 saturated heterocycles. The lowest BCUT2D eigenvalue weighted by molar-refractivity contribution is -0.234. The van der Waals surface area contributed by atoms with E-state index in [1.807, 2.05) is 13.8 Å². The quantitative estimate of drug-likeness (QED) is 0.697. The summed E-state index contributed by atoms with van der Waals surface area (Å²) in [5.41, 5.74) is 0. The third kappa shape index (κ3) is 6.46. The minimum Gasteiger partial charge on any atom is -0.409 e. The molecule has 0 aromatic rings. The molecule has 138 valence electrons. The third-order valence-corrected chi connectivity index (χ3v) is 9.75. The molecule has 4 nitrogen and oxygen atoms in total.